The maximum Gasteiger partial charge on any atom is 0.342 e. The Morgan fingerprint density at radius 2 is 2.00 bits per heavy atom. The number of H-pyrrole nitrogens is 1. The molecule has 9 heteroatoms. The lowest BCUT2D eigenvalue weighted by Crippen LogP contribution is -1.98. The molecule has 0 unspecified atom stereocenters. The van der Waals surface area contributed by atoms with Crippen molar-refractivity contribution in [3.05, 3.63) is 57.5 Å². The van der Waals surface area contributed by atoms with Crippen LogP contribution < -0.4 is 9.47 Å². The van der Waals surface area contributed by atoms with Gasteiger partial charge in [-0.1, -0.05) is 17.7 Å². The summed E-state index contributed by atoms with van der Waals surface area (Å²) in [6.45, 7) is 1.88. The number of aromatic nitrogens is 3. The van der Waals surface area contributed by atoms with Crippen molar-refractivity contribution in [2.45, 2.75) is 12.1 Å². The third-order valence-electron chi connectivity index (χ3n) is 4.06. The summed E-state index contributed by atoms with van der Waals surface area (Å²) in [6.07, 6.45) is 1.58. The lowest BCUT2D eigenvalue weighted by atomic mass is 10.1. The fourth-order valence-electron chi connectivity index (χ4n) is 2.59. The largest absolute Gasteiger partial charge is 0.497 e. The first-order valence-electron chi connectivity index (χ1n) is 8.45. The number of carbonyl (C=O) groups is 1. The molecule has 0 amide bonds. The van der Waals surface area contributed by atoms with Gasteiger partial charge in [-0.05, 0) is 66.2 Å². The van der Waals surface area contributed by atoms with E-state index in [2.05, 4.69) is 15.2 Å². The summed E-state index contributed by atoms with van der Waals surface area (Å²) in [5.41, 5.74) is 2.29. The van der Waals surface area contributed by atoms with Crippen molar-refractivity contribution in [2.75, 3.05) is 14.2 Å². The van der Waals surface area contributed by atoms with Crippen molar-refractivity contribution in [1.82, 2.24) is 15.2 Å². The SMILES string of the molecule is COc1ccc(/C=C(\Sc2n[nH]c(-c3cc(Cl)ccc3OC)n2)C(=O)O)c(C)c1. The maximum absolute atomic E-state index is 11.7. The Morgan fingerprint density at radius 3 is 2.66 bits per heavy atom. The zero-order chi connectivity index (χ0) is 21.0. The van der Waals surface area contributed by atoms with Crippen LogP contribution in [-0.2, 0) is 4.79 Å². The van der Waals surface area contributed by atoms with E-state index in [4.69, 9.17) is 21.1 Å². The molecule has 29 heavy (non-hydrogen) atoms. The zero-order valence-corrected chi connectivity index (χ0v) is 17.5. The molecule has 0 bridgehead atoms. The number of carboxylic acid groups (broad SMARTS) is 1. The van der Waals surface area contributed by atoms with Crippen LogP contribution in [0.1, 0.15) is 11.1 Å². The topological polar surface area (TPSA) is 97.3 Å². The van der Waals surface area contributed by atoms with Crippen LogP contribution in [0.2, 0.25) is 5.02 Å². The Bertz CT molecular complexity index is 1080. The van der Waals surface area contributed by atoms with E-state index in [0.717, 1.165) is 22.9 Å². The van der Waals surface area contributed by atoms with E-state index >= 15 is 0 Å². The zero-order valence-electron chi connectivity index (χ0n) is 15.9. The van der Waals surface area contributed by atoms with Crippen LogP contribution in [0.25, 0.3) is 17.5 Å². The first kappa shape index (κ1) is 20.8. The summed E-state index contributed by atoms with van der Waals surface area (Å²) in [7, 11) is 3.12. The third-order valence-corrected chi connectivity index (χ3v) is 5.17. The first-order chi connectivity index (χ1) is 13.9. The number of carboxylic acids is 1. The van der Waals surface area contributed by atoms with E-state index in [1.165, 1.54) is 0 Å². The van der Waals surface area contributed by atoms with Gasteiger partial charge < -0.3 is 14.6 Å². The number of nitrogens with zero attached hydrogens (tertiary/aromatic N) is 2. The molecule has 0 atom stereocenters. The van der Waals surface area contributed by atoms with Gasteiger partial charge in [-0.3, -0.25) is 5.10 Å². The molecule has 0 radical (unpaired) electrons. The summed E-state index contributed by atoms with van der Waals surface area (Å²) in [4.78, 5) is 16.2. The predicted octanol–water partition coefficient (Wildman–Crippen LogP) is 4.67. The van der Waals surface area contributed by atoms with Crippen molar-refractivity contribution in [3.63, 3.8) is 0 Å². The van der Waals surface area contributed by atoms with Crippen LogP contribution >= 0.6 is 23.4 Å². The molecule has 3 aromatic rings. The standard InChI is InChI=1S/C20H18ClN3O4S/c1-11-8-14(27-2)6-4-12(11)9-17(19(25)26)29-20-22-18(23-24-20)15-10-13(21)5-7-16(15)28-3/h4-10H,1-3H3,(H,25,26)(H,22,23,24)/b17-9-. The molecule has 0 aliphatic heterocycles. The Morgan fingerprint density at radius 1 is 1.21 bits per heavy atom. The smallest absolute Gasteiger partial charge is 0.342 e. The van der Waals surface area contributed by atoms with Crippen LogP contribution in [0.4, 0.5) is 0 Å². The minimum absolute atomic E-state index is 0.0851. The van der Waals surface area contributed by atoms with Gasteiger partial charge in [0.05, 0.1) is 19.8 Å². The maximum atomic E-state index is 11.7. The summed E-state index contributed by atoms with van der Waals surface area (Å²) in [5, 5.41) is 17.3. The highest BCUT2D eigenvalue weighted by Gasteiger charge is 2.17. The van der Waals surface area contributed by atoms with Crippen LogP contribution in [-0.4, -0.2) is 40.5 Å². The second-order valence-electron chi connectivity index (χ2n) is 5.95. The molecule has 150 valence electrons. The molecule has 0 aliphatic carbocycles. The minimum atomic E-state index is -1.07. The third kappa shape index (κ3) is 4.90. The number of benzene rings is 2. The quantitative estimate of drug-likeness (QED) is 0.414. The lowest BCUT2D eigenvalue weighted by Gasteiger charge is -2.06. The molecule has 3 rings (SSSR count). The Balaban J connectivity index is 1.90. The number of ether oxygens (including phenoxy) is 2. The van der Waals surface area contributed by atoms with Crippen LogP contribution in [0.15, 0.2) is 46.5 Å². The number of methoxy groups -OCH3 is 2. The number of aromatic amines is 1. The van der Waals surface area contributed by atoms with Crippen molar-refractivity contribution in [3.8, 4) is 22.9 Å². The minimum Gasteiger partial charge on any atom is -0.497 e. The van der Waals surface area contributed by atoms with Gasteiger partial charge in [0, 0.05) is 5.02 Å². The molecule has 2 aromatic carbocycles. The fraction of sp³-hybridized carbons (Fsp3) is 0.150. The molecule has 1 heterocycles. The highest BCUT2D eigenvalue weighted by molar-refractivity contribution is 8.04. The van der Waals surface area contributed by atoms with Gasteiger partial charge in [-0.15, -0.1) is 5.10 Å². The number of rotatable bonds is 7. The summed E-state index contributed by atoms with van der Waals surface area (Å²) >= 11 is 7.01. The summed E-state index contributed by atoms with van der Waals surface area (Å²) < 4.78 is 10.5. The van der Waals surface area contributed by atoms with Gasteiger partial charge >= 0.3 is 5.97 Å². The van der Waals surface area contributed by atoms with Crippen molar-refractivity contribution in [1.29, 1.82) is 0 Å². The highest BCUT2D eigenvalue weighted by Crippen LogP contribution is 2.33. The molecule has 0 aliphatic rings. The van der Waals surface area contributed by atoms with Crippen molar-refractivity contribution >= 4 is 35.4 Å². The summed E-state index contributed by atoms with van der Waals surface area (Å²) in [5.74, 6) is 0.636. The number of halogens is 1. The normalized spacial score (nSPS) is 11.4. The predicted molar refractivity (Wildman–Crippen MR) is 113 cm³/mol. The van der Waals surface area contributed by atoms with Gasteiger partial charge in [-0.25, -0.2) is 9.78 Å². The molecule has 7 nitrogen and oxygen atoms in total. The van der Waals surface area contributed by atoms with Gasteiger partial charge in [0.25, 0.3) is 0 Å². The van der Waals surface area contributed by atoms with E-state index in [1.54, 1.807) is 50.6 Å². The number of aryl methyl sites for hydroxylation is 1. The molecular weight excluding hydrogens is 414 g/mol. The second kappa shape index (κ2) is 9.02. The average Bonchev–Trinajstić information content (AvgIpc) is 3.17. The van der Waals surface area contributed by atoms with E-state index < -0.39 is 5.97 Å². The molecule has 0 spiro atoms. The molecular formula is C20H18ClN3O4S. The van der Waals surface area contributed by atoms with Crippen molar-refractivity contribution < 1.29 is 19.4 Å². The monoisotopic (exact) mass is 431 g/mol. The number of aliphatic carboxylic acids is 1. The molecule has 1 aromatic heterocycles. The number of hydrogen-bond donors (Lipinski definition) is 2. The summed E-state index contributed by atoms with van der Waals surface area (Å²) in [6, 6.07) is 10.5. The van der Waals surface area contributed by atoms with E-state index in [1.807, 2.05) is 13.0 Å². The van der Waals surface area contributed by atoms with E-state index in [0.29, 0.717) is 27.9 Å². The van der Waals surface area contributed by atoms with Crippen LogP contribution in [0, 0.1) is 6.92 Å². The van der Waals surface area contributed by atoms with E-state index in [-0.39, 0.29) is 10.1 Å². The Hall–Kier alpha value is -2.97. The number of thioether (sulfide) groups is 1. The second-order valence-corrected chi connectivity index (χ2v) is 7.40. The van der Waals surface area contributed by atoms with Gasteiger partial charge in [0.2, 0.25) is 5.16 Å². The van der Waals surface area contributed by atoms with E-state index in [9.17, 15) is 9.90 Å². The highest BCUT2D eigenvalue weighted by atomic mass is 35.5. The molecule has 0 saturated heterocycles. The lowest BCUT2D eigenvalue weighted by molar-refractivity contribution is -0.131. The molecule has 0 fully saturated rings. The van der Waals surface area contributed by atoms with Gasteiger partial charge in [0.1, 0.15) is 16.4 Å². The number of hydrogen-bond acceptors (Lipinski definition) is 6. The van der Waals surface area contributed by atoms with Gasteiger partial charge in [0.15, 0.2) is 5.82 Å². The van der Waals surface area contributed by atoms with Gasteiger partial charge in [-0.2, -0.15) is 0 Å². The number of nitrogens with one attached hydrogen (secondary N) is 1. The van der Waals surface area contributed by atoms with Crippen LogP contribution in [0.5, 0.6) is 11.5 Å². The molecule has 0 saturated carbocycles. The average molecular weight is 432 g/mol. The van der Waals surface area contributed by atoms with Crippen molar-refractivity contribution in [2.24, 2.45) is 0 Å². The first-order valence-corrected chi connectivity index (χ1v) is 9.64. The Kier molecular flexibility index (Phi) is 6.46. The molecule has 2 N–H and O–H groups in total. The fourth-order valence-corrected chi connectivity index (χ4v) is 3.46. The Labute approximate surface area is 176 Å². The van der Waals surface area contributed by atoms with Crippen LogP contribution in [0.3, 0.4) is 0 Å².